The summed E-state index contributed by atoms with van der Waals surface area (Å²) >= 11 is 0. The van der Waals surface area contributed by atoms with Crippen LogP contribution in [-0.4, -0.2) is 40.6 Å². The molecule has 0 spiro atoms. The van der Waals surface area contributed by atoms with Gasteiger partial charge >= 0.3 is 0 Å². The van der Waals surface area contributed by atoms with Gasteiger partial charge in [-0.15, -0.1) is 0 Å². The van der Waals surface area contributed by atoms with Gasteiger partial charge in [0.2, 0.25) is 5.91 Å². The van der Waals surface area contributed by atoms with Gasteiger partial charge in [-0.05, 0) is 26.7 Å². The number of amides is 1. The lowest BCUT2D eigenvalue weighted by molar-refractivity contribution is -0.133. The summed E-state index contributed by atoms with van der Waals surface area (Å²) < 4.78 is 0. The smallest absolute Gasteiger partial charge is 0.224 e. The molecule has 1 fully saturated rings. The van der Waals surface area contributed by atoms with Crippen molar-refractivity contribution in [1.29, 1.82) is 0 Å². The van der Waals surface area contributed by atoms with Crippen molar-refractivity contribution in [3.8, 4) is 0 Å². The number of likely N-dealkylation sites (N-methyl/N-ethyl adjacent to an activating group) is 1. The predicted molar refractivity (Wildman–Crippen MR) is 63.9 cm³/mol. The van der Waals surface area contributed by atoms with E-state index in [1.807, 2.05) is 0 Å². The van der Waals surface area contributed by atoms with E-state index in [2.05, 4.69) is 0 Å². The lowest BCUT2D eigenvalue weighted by atomic mass is 9.94. The van der Waals surface area contributed by atoms with Crippen LogP contribution in [0.4, 0.5) is 0 Å². The van der Waals surface area contributed by atoms with Crippen LogP contribution in [0.1, 0.15) is 46.0 Å². The van der Waals surface area contributed by atoms with Crippen LogP contribution in [-0.2, 0) is 4.79 Å². The first-order valence-electron chi connectivity index (χ1n) is 5.97. The van der Waals surface area contributed by atoms with Crippen molar-refractivity contribution < 1.29 is 9.90 Å². The molecule has 3 N–H and O–H groups in total. The monoisotopic (exact) mass is 228 g/mol. The summed E-state index contributed by atoms with van der Waals surface area (Å²) in [6.07, 6.45) is 4.53. The molecule has 1 aliphatic carbocycles. The Morgan fingerprint density at radius 3 is 2.38 bits per heavy atom. The zero-order chi connectivity index (χ0) is 12.4. The molecule has 0 aromatic rings. The number of aliphatic hydroxyl groups is 1. The Morgan fingerprint density at radius 2 is 1.94 bits per heavy atom. The summed E-state index contributed by atoms with van der Waals surface area (Å²) in [5.74, 6) is 0.0338. The molecule has 0 bridgehead atoms. The van der Waals surface area contributed by atoms with Gasteiger partial charge < -0.3 is 15.7 Å². The largest absolute Gasteiger partial charge is 0.389 e. The predicted octanol–water partition coefficient (Wildman–Crippen LogP) is 0.877. The molecule has 0 aromatic carbocycles. The molecule has 4 heteroatoms. The van der Waals surface area contributed by atoms with E-state index in [-0.39, 0.29) is 11.4 Å². The van der Waals surface area contributed by atoms with Gasteiger partial charge in [0.15, 0.2) is 0 Å². The van der Waals surface area contributed by atoms with Gasteiger partial charge in [0.05, 0.1) is 5.60 Å². The number of nitrogens with two attached hydrogens (primary N) is 1. The van der Waals surface area contributed by atoms with Gasteiger partial charge in [0.25, 0.3) is 0 Å². The minimum Gasteiger partial charge on any atom is -0.389 e. The fourth-order valence-corrected chi connectivity index (χ4v) is 2.36. The highest BCUT2D eigenvalue weighted by atomic mass is 16.3. The molecule has 1 amide bonds. The Bertz CT molecular complexity index is 252. The van der Waals surface area contributed by atoms with Crippen LogP contribution in [0.25, 0.3) is 0 Å². The summed E-state index contributed by atoms with van der Waals surface area (Å²) in [7, 11) is 1.72. The Balaban J connectivity index is 2.45. The van der Waals surface area contributed by atoms with Gasteiger partial charge in [-0.1, -0.05) is 12.8 Å². The Morgan fingerprint density at radius 1 is 1.44 bits per heavy atom. The molecule has 1 saturated carbocycles. The average molecular weight is 228 g/mol. The average Bonchev–Trinajstić information content (AvgIpc) is 2.48. The maximum absolute atomic E-state index is 11.9. The van der Waals surface area contributed by atoms with Crippen LogP contribution >= 0.6 is 0 Å². The number of hydrogen-bond acceptors (Lipinski definition) is 3. The maximum Gasteiger partial charge on any atom is 0.224 e. The molecule has 94 valence electrons. The molecule has 0 aliphatic heterocycles. The van der Waals surface area contributed by atoms with Crippen LogP contribution in [0.2, 0.25) is 0 Å². The van der Waals surface area contributed by atoms with E-state index in [1.54, 1.807) is 25.8 Å². The third-order valence-corrected chi connectivity index (χ3v) is 3.15. The SMILES string of the molecule is CN(CC(C)(C)O)C(=O)CC1(N)CCCC1. The van der Waals surface area contributed by atoms with E-state index in [0.29, 0.717) is 13.0 Å². The molecule has 1 rings (SSSR count). The highest BCUT2D eigenvalue weighted by Crippen LogP contribution is 2.30. The van der Waals surface area contributed by atoms with Crippen molar-refractivity contribution in [3.63, 3.8) is 0 Å². The minimum absolute atomic E-state index is 0.0338. The molecule has 16 heavy (non-hydrogen) atoms. The molecule has 4 nitrogen and oxygen atoms in total. The summed E-state index contributed by atoms with van der Waals surface area (Å²) in [6, 6.07) is 0. The Hall–Kier alpha value is -0.610. The lowest BCUT2D eigenvalue weighted by Gasteiger charge is -2.29. The lowest BCUT2D eigenvalue weighted by Crippen LogP contribution is -2.46. The third-order valence-electron chi connectivity index (χ3n) is 3.15. The van der Waals surface area contributed by atoms with E-state index < -0.39 is 5.60 Å². The van der Waals surface area contributed by atoms with Crippen molar-refractivity contribution in [2.75, 3.05) is 13.6 Å². The molecule has 0 atom stereocenters. The topological polar surface area (TPSA) is 66.6 Å². The summed E-state index contributed by atoms with van der Waals surface area (Å²) in [5, 5.41) is 9.64. The zero-order valence-corrected chi connectivity index (χ0v) is 10.6. The standard InChI is InChI=1S/C12H24N2O2/c1-11(2,16)9-14(3)10(15)8-12(13)6-4-5-7-12/h16H,4-9,13H2,1-3H3. The second-order valence-electron chi connectivity index (χ2n) is 5.81. The third kappa shape index (κ3) is 4.10. The van der Waals surface area contributed by atoms with Crippen molar-refractivity contribution >= 4 is 5.91 Å². The van der Waals surface area contributed by atoms with E-state index >= 15 is 0 Å². The molecule has 1 aliphatic rings. The molecular formula is C12H24N2O2. The first kappa shape index (κ1) is 13.5. The van der Waals surface area contributed by atoms with Crippen LogP contribution in [0.5, 0.6) is 0 Å². The first-order valence-corrected chi connectivity index (χ1v) is 5.97. The number of nitrogens with zero attached hydrogens (tertiary/aromatic N) is 1. The Labute approximate surface area is 97.8 Å². The second kappa shape index (κ2) is 4.72. The number of hydrogen-bond donors (Lipinski definition) is 2. The number of rotatable bonds is 4. The van der Waals surface area contributed by atoms with Crippen LogP contribution in [0, 0.1) is 0 Å². The van der Waals surface area contributed by atoms with Crippen molar-refractivity contribution in [2.24, 2.45) is 5.73 Å². The van der Waals surface area contributed by atoms with Crippen LogP contribution in [0.15, 0.2) is 0 Å². The van der Waals surface area contributed by atoms with Gasteiger partial charge in [0, 0.05) is 25.6 Å². The highest BCUT2D eigenvalue weighted by molar-refractivity contribution is 5.77. The molecule has 0 saturated heterocycles. The van der Waals surface area contributed by atoms with E-state index in [0.717, 1.165) is 25.7 Å². The number of carbonyl (C=O) groups excluding carboxylic acids is 1. The fourth-order valence-electron chi connectivity index (χ4n) is 2.36. The van der Waals surface area contributed by atoms with E-state index in [9.17, 15) is 9.90 Å². The zero-order valence-electron chi connectivity index (χ0n) is 10.6. The molecule has 0 aromatic heterocycles. The minimum atomic E-state index is -0.845. The quantitative estimate of drug-likeness (QED) is 0.750. The van der Waals surface area contributed by atoms with Gasteiger partial charge in [0.1, 0.15) is 0 Å². The Kier molecular flexibility index (Phi) is 3.97. The number of carbonyl (C=O) groups is 1. The molecule has 0 heterocycles. The van der Waals surface area contributed by atoms with E-state index in [1.165, 1.54) is 0 Å². The summed E-state index contributed by atoms with van der Waals surface area (Å²) in [6.45, 7) is 3.75. The molecule has 0 radical (unpaired) electrons. The summed E-state index contributed by atoms with van der Waals surface area (Å²) in [5.41, 5.74) is 5.01. The molecular weight excluding hydrogens is 204 g/mol. The van der Waals surface area contributed by atoms with E-state index in [4.69, 9.17) is 5.73 Å². The van der Waals surface area contributed by atoms with Gasteiger partial charge in [-0.25, -0.2) is 0 Å². The maximum atomic E-state index is 11.9. The van der Waals surface area contributed by atoms with Gasteiger partial charge in [-0.2, -0.15) is 0 Å². The van der Waals surface area contributed by atoms with Crippen LogP contribution < -0.4 is 5.73 Å². The highest BCUT2D eigenvalue weighted by Gasteiger charge is 2.33. The summed E-state index contributed by atoms with van der Waals surface area (Å²) in [4.78, 5) is 13.5. The normalized spacial score (nSPS) is 19.8. The van der Waals surface area contributed by atoms with Crippen molar-refractivity contribution in [3.05, 3.63) is 0 Å². The second-order valence-corrected chi connectivity index (χ2v) is 5.81. The molecule has 0 unspecified atom stereocenters. The van der Waals surface area contributed by atoms with Crippen molar-refractivity contribution in [1.82, 2.24) is 4.90 Å². The van der Waals surface area contributed by atoms with Crippen LogP contribution in [0.3, 0.4) is 0 Å². The van der Waals surface area contributed by atoms with Gasteiger partial charge in [-0.3, -0.25) is 4.79 Å². The van der Waals surface area contributed by atoms with Crippen molar-refractivity contribution in [2.45, 2.75) is 57.1 Å². The fraction of sp³-hybridized carbons (Fsp3) is 0.917. The first-order chi connectivity index (χ1) is 7.22.